The highest BCUT2D eigenvalue weighted by molar-refractivity contribution is 5.92. The Balaban J connectivity index is 1.78. The Kier molecular flexibility index (Phi) is 3.50. The van der Waals surface area contributed by atoms with Crippen molar-refractivity contribution in [2.75, 3.05) is 6.54 Å². The fourth-order valence-corrected chi connectivity index (χ4v) is 2.77. The van der Waals surface area contributed by atoms with Crippen LogP contribution in [0.2, 0.25) is 0 Å². The molecule has 3 rings (SSSR count). The summed E-state index contributed by atoms with van der Waals surface area (Å²) >= 11 is 0. The lowest BCUT2D eigenvalue weighted by molar-refractivity contribution is 0.0630. The first-order chi connectivity index (χ1) is 10.0. The van der Waals surface area contributed by atoms with E-state index in [-0.39, 0.29) is 17.6 Å². The van der Waals surface area contributed by atoms with Gasteiger partial charge in [0.05, 0.1) is 18.3 Å². The fraction of sp³-hybridized carbons (Fsp3) is 0.500. The third-order valence-electron chi connectivity index (χ3n) is 3.82. The van der Waals surface area contributed by atoms with Gasteiger partial charge in [-0.15, -0.1) is 0 Å². The zero-order chi connectivity index (χ0) is 15.0. The Morgan fingerprint density at radius 2 is 2.38 bits per heavy atom. The van der Waals surface area contributed by atoms with E-state index < -0.39 is 6.10 Å². The molecule has 2 aromatic heterocycles. The molecule has 112 valence electrons. The first-order valence-corrected chi connectivity index (χ1v) is 6.94. The number of hydrogen-bond acceptors (Lipinski definition) is 5. The summed E-state index contributed by atoms with van der Waals surface area (Å²) in [6, 6.07) is 1.37. The maximum Gasteiger partial charge on any atom is 0.276 e. The van der Waals surface area contributed by atoms with E-state index in [2.05, 4.69) is 10.3 Å². The number of aliphatic hydroxyl groups is 1. The molecular formula is C14H18N4O3. The van der Waals surface area contributed by atoms with E-state index in [1.807, 2.05) is 13.2 Å². The standard InChI is InChI=1S/C14H18N4O3/c1-9-5-11(16-21-9)14(20)18-4-3-13(19)12(18)6-10-7-15-17(2)8-10/h5,7-8,12-13,19H,3-4,6H2,1-2H3/t12-,13-/m0/s1. The number of nitrogens with zero attached hydrogens (tertiary/aromatic N) is 4. The number of amides is 1. The zero-order valence-electron chi connectivity index (χ0n) is 12.1. The number of likely N-dealkylation sites (tertiary alicyclic amines) is 1. The van der Waals surface area contributed by atoms with E-state index in [4.69, 9.17) is 4.52 Å². The monoisotopic (exact) mass is 290 g/mol. The average molecular weight is 290 g/mol. The molecule has 2 aromatic rings. The van der Waals surface area contributed by atoms with E-state index in [0.717, 1.165) is 5.56 Å². The minimum atomic E-state index is -0.526. The highest BCUT2D eigenvalue weighted by atomic mass is 16.5. The molecule has 1 fully saturated rings. The summed E-state index contributed by atoms with van der Waals surface area (Å²) in [5.74, 6) is 0.402. The Morgan fingerprint density at radius 1 is 1.57 bits per heavy atom. The largest absolute Gasteiger partial charge is 0.391 e. The summed E-state index contributed by atoms with van der Waals surface area (Å²) in [5.41, 5.74) is 1.29. The molecule has 21 heavy (non-hydrogen) atoms. The van der Waals surface area contributed by atoms with Gasteiger partial charge in [0.2, 0.25) is 0 Å². The van der Waals surface area contributed by atoms with Gasteiger partial charge in [-0.3, -0.25) is 9.48 Å². The van der Waals surface area contributed by atoms with Gasteiger partial charge in [0, 0.05) is 25.9 Å². The maximum atomic E-state index is 12.5. The highest BCUT2D eigenvalue weighted by Gasteiger charge is 2.37. The molecule has 0 unspecified atom stereocenters. The molecule has 1 N–H and O–H groups in total. The quantitative estimate of drug-likeness (QED) is 0.891. The van der Waals surface area contributed by atoms with E-state index in [1.54, 1.807) is 28.8 Å². The van der Waals surface area contributed by atoms with Crippen LogP contribution in [0, 0.1) is 6.92 Å². The molecule has 1 aliphatic rings. The molecule has 1 amide bonds. The molecule has 1 saturated heterocycles. The van der Waals surface area contributed by atoms with E-state index in [0.29, 0.717) is 25.1 Å². The predicted octanol–water partition coefficient (Wildman–Crippen LogP) is 0.535. The summed E-state index contributed by atoms with van der Waals surface area (Å²) < 4.78 is 6.67. The molecule has 0 aliphatic carbocycles. The van der Waals surface area contributed by atoms with Crippen LogP contribution in [-0.4, -0.2) is 49.5 Å². The van der Waals surface area contributed by atoms with Gasteiger partial charge >= 0.3 is 0 Å². The minimum absolute atomic E-state index is 0.197. The van der Waals surface area contributed by atoms with E-state index >= 15 is 0 Å². The van der Waals surface area contributed by atoms with Crippen LogP contribution >= 0.6 is 0 Å². The Bertz CT molecular complexity index is 648. The number of carbonyl (C=O) groups is 1. The van der Waals surface area contributed by atoms with Crippen molar-refractivity contribution < 1.29 is 14.4 Å². The lowest BCUT2D eigenvalue weighted by Gasteiger charge is -2.25. The summed E-state index contributed by atoms with van der Waals surface area (Å²) in [6.07, 6.45) is 4.29. The second-order valence-electron chi connectivity index (χ2n) is 5.47. The molecule has 0 saturated carbocycles. The summed E-state index contributed by atoms with van der Waals surface area (Å²) in [4.78, 5) is 14.2. The topological polar surface area (TPSA) is 84.4 Å². The lowest BCUT2D eigenvalue weighted by atomic mass is 10.0. The maximum absolute atomic E-state index is 12.5. The molecule has 3 heterocycles. The van der Waals surface area contributed by atoms with E-state index in [9.17, 15) is 9.90 Å². The molecular weight excluding hydrogens is 272 g/mol. The van der Waals surface area contributed by atoms with Gasteiger partial charge in [0.15, 0.2) is 5.69 Å². The van der Waals surface area contributed by atoms with E-state index in [1.165, 1.54) is 0 Å². The normalized spacial score (nSPS) is 22.0. The highest BCUT2D eigenvalue weighted by Crippen LogP contribution is 2.23. The van der Waals surface area contributed by atoms with Gasteiger partial charge in [0.1, 0.15) is 5.76 Å². The van der Waals surface area contributed by atoms with Crippen molar-refractivity contribution in [2.45, 2.75) is 31.9 Å². The van der Waals surface area contributed by atoms with Crippen molar-refractivity contribution in [1.29, 1.82) is 0 Å². The van der Waals surface area contributed by atoms with Crippen molar-refractivity contribution >= 4 is 5.91 Å². The van der Waals surface area contributed by atoms with Gasteiger partial charge in [-0.25, -0.2) is 0 Å². The van der Waals surface area contributed by atoms with Crippen molar-refractivity contribution in [3.63, 3.8) is 0 Å². The molecule has 0 bridgehead atoms. The van der Waals surface area contributed by atoms with Crippen molar-refractivity contribution in [3.8, 4) is 0 Å². The predicted molar refractivity (Wildman–Crippen MR) is 73.6 cm³/mol. The van der Waals surface area contributed by atoms with Gasteiger partial charge < -0.3 is 14.5 Å². The number of aromatic nitrogens is 3. The molecule has 0 radical (unpaired) electrons. The first-order valence-electron chi connectivity index (χ1n) is 6.94. The Labute approximate surface area is 122 Å². The first kappa shape index (κ1) is 13.8. The van der Waals surface area contributed by atoms with Gasteiger partial charge in [0.25, 0.3) is 5.91 Å². The molecule has 0 spiro atoms. The van der Waals surface area contributed by atoms with Crippen LogP contribution in [-0.2, 0) is 13.5 Å². The van der Waals surface area contributed by atoms with Gasteiger partial charge in [-0.05, 0) is 25.3 Å². The molecule has 2 atom stereocenters. The summed E-state index contributed by atoms with van der Waals surface area (Å²) in [7, 11) is 1.84. The van der Waals surface area contributed by atoms with Crippen LogP contribution in [0.4, 0.5) is 0 Å². The van der Waals surface area contributed by atoms with Crippen molar-refractivity contribution in [2.24, 2.45) is 7.05 Å². The number of aryl methyl sites for hydroxylation is 2. The zero-order valence-corrected chi connectivity index (χ0v) is 12.1. The number of hydrogen-bond donors (Lipinski definition) is 1. The Morgan fingerprint density at radius 3 is 3.00 bits per heavy atom. The van der Waals surface area contributed by atoms with Crippen LogP contribution < -0.4 is 0 Å². The second kappa shape index (κ2) is 5.33. The van der Waals surface area contributed by atoms with Crippen LogP contribution in [0.15, 0.2) is 23.0 Å². The minimum Gasteiger partial charge on any atom is -0.391 e. The lowest BCUT2D eigenvalue weighted by Crippen LogP contribution is -2.41. The van der Waals surface area contributed by atoms with Crippen LogP contribution in [0.5, 0.6) is 0 Å². The van der Waals surface area contributed by atoms with Crippen molar-refractivity contribution in [1.82, 2.24) is 19.8 Å². The second-order valence-corrected chi connectivity index (χ2v) is 5.47. The molecule has 0 aromatic carbocycles. The number of rotatable bonds is 3. The SMILES string of the molecule is Cc1cc(C(=O)N2CC[C@H](O)[C@@H]2Cc2cnn(C)c2)no1. The fourth-order valence-electron chi connectivity index (χ4n) is 2.77. The number of aliphatic hydroxyl groups excluding tert-OH is 1. The molecule has 7 nitrogen and oxygen atoms in total. The van der Waals surface area contributed by atoms with Gasteiger partial charge in [-0.1, -0.05) is 5.16 Å². The smallest absolute Gasteiger partial charge is 0.276 e. The number of carbonyl (C=O) groups excluding carboxylic acids is 1. The van der Waals surface area contributed by atoms with Crippen LogP contribution in [0.1, 0.15) is 28.2 Å². The molecule has 7 heteroatoms. The van der Waals surface area contributed by atoms with Crippen molar-refractivity contribution in [3.05, 3.63) is 35.5 Å². The third-order valence-corrected chi connectivity index (χ3v) is 3.82. The van der Waals surface area contributed by atoms with Crippen LogP contribution in [0.25, 0.3) is 0 Å². The van der Waals surface area contributed by atoms with Gasteiger partial charge in [-0.2, -0.15) is 5.10 Å². The average Bonchev–Trinajstić information content (AvgIpc) is 3.13. The Hall–Kier alpha value is -2.15. The third kappa shape index (κ3) is 2.69. The molecule has 1 aliphatic heterocycles. The summed E-state index contributed by atoms with van der Waals surface area (Å²) in [6.45, 7) is 2.27. The van der Waals surface area contributed by atoms with Crippen LogP contribution in [0.3, 0.4) is 0 Å². The summed E-state index contributed by atoms with van der Waals surface area (Å²) in [5, 5.41) is 18.0.